The van der Waals surface area contributed by atoms with E-state index in [-0.39, 0.29) is 24.5 Å². The van der Waals surface area contributed by atoms with Crippen molar-refractivity contribution in [2.24, 2.45) is 4.99 Å². The number of hydrogen-bond acceptors (Lipinski definition) is 10. The Kier molecular flexibility index (Phi) is 8.71. The van der Waals surface area contributed by atoms with E-state index in [0.29, 0.717) is 42.1 Å². The van der Waals surface area contributed by atoms with Gasteiger partial charge in [0.15, 0.2) is 16.3 Å². The molecule has 0 unspecified atom stereocenters. The third-order valence-corrected chi connectivity index (χ3v) is 8.91. The number of thiazole rings is 1. The highest BCUT2D eigenvalue weighted by atomic mass is 79.9. The van der Waals surface area contributed by atoms with Crippen molar-refractivity contribution in [2.45, 2.75) is 26.5 Å². The van der Waals surface area contributed by atoms with Gasteiger partial charge < -0.3 is 14.2 Å². The molecule has 0 saturated carbocycles. The summed E-state index contributed by atoms with van der Waals surface area (Å²) in [6.45, 7) is 3.86. The number of carbonyl (C=O) groups excluding carboxylic acids is 1. The maximum Gasteiger partial charge on any atom is 0.338 e. The minimum Gasteiger partial charge on any atom is -0.493 e. The number of nitrogens with zero attached hydrogens (tertiary/aromatic N) is 3. The third kappa shape index (κ3) is 5.80. The summed E-state index contributed by atoms with van der Waals surface area (Å²) in [5.74, 6) is 0.383. The van der Waals surface area contributed by atoms with Gasteiger partial charge in [-0.05, 0) is 82.7 Å². The second-order valence-electron chi connectivity index (χ2n) is 9.06. The topological polar surface area (TPSA) is 122 Å². The van der Waals surface area contributed by atoms with Crippen molar-refractivity contribution in [1.29, 1.82) is 0 Å². The predicted octanol–water partition coefficient (Wildman–Crippen LogP) is 5.12. The molecule has 42 heavy (non-hydrogen) atoms. The van der Waals surface area contributed by atoms with Crippen LogP contribution in [0.5, 0.6) is 11.5 Å². The SMILES string of the molecule is CCOC(=O)C1=C(C)N=c2s/c(=C\c3cc(Br)c(OCc4ccc([N+](=O)[O-])cc4)c(OC)c3)c(=O)n2[C@H]1c1cccs1. The van der Waals surface area contributed by atoms with Crippen molar-refractivity contribution in [1.82, 2.24) is 4.57 Å². The summed E-state index contributed by atoms with van der Waals surface area (Å²) in [5, 5.41) is 12.8. The van der Waals surface area contributed by atoms with Crippen LogP contribution in [0.1, 0.15) is 35.9 Å². The molecule has 1 atom stereocenters. The molecule has 5 rings (SSSR count). The van der Waals surface area contributed by atoms with Crippen molar-refractivity contribution in [3.8, 4) is 11.5 Å². The van der Waals surface area contributed by atoms with E-state index in [0.717, 1.165) is 10.4 Å². The Balaban J connectivity index is 1.51. The van der Waals surface area contributed by atoms with E-state index in [4.69, 9.17) is 14.2 Å². The molecule has 216 valence electrons. The number of nitro groups is 1. The molecule has 2 aromatic heterocycles. The van der Waals surface area contributed by atoms with E-state index >= 15 is 0 Å². The second kappa shape index (κ2) is 12.4. The van der Waals surface area contributed by atoms with Gasteiger partial charge in [-0.2, -0.15) is 0 Å². The fourth-order valence-corrected chi connectivity index (χ4v) is 6.94. The highest BCUT2D eigenvalue weighted by Crippen LogP contribution is 2.38. The number of carbonyl (C=O) groups is 1. The van der Waals surface area contributed by atoms with Gasteiger partial charge in [0.25, 0.3) is 11.2 Å². The van der Waals surface area contributed by atoms with E-state index in [9.17, 15) is 19.7 Å². The summed E-state index contributed by atoms with van der Waals surface area (Å²) in [4.78, 5) is 43.1. The van der Waals surface area contributed by atoms with Crippen molar-refractivity contribution in [2.75, 3.05) is 13.7 Å². The molecule has 10 nitrogen and oxygen atoms in total. The first-order valence-corrected chi connectivity index (χ1v) is 15.2. The molecular weight excluding hydrogens is 646 g/mol. The Morgan fingerprint density at radius 2 is 2.00 bits per heavy atom. The fourth-order valence-electron chi connectivity index (χ4n) is 4.49. The monoisotopic (exact) mass is 669 g/mol. The lowest BCUT2D eigenvalue weighted by molar-refractivity contribution is -0.384. The van der Waals surface area contributed by atoms with Gasteiger partial charge in [-0.15, -0.1) is 11.3 Å². The lowest BCUT2D eigenvalue weighted by Crippen LogP contribution is -2.39. The zero-order chi connectivity index (χ0) is 30.0. The predicted molar refractivity (Wildman–Crippen MR) is 163 cm³/mol. The molecule has 0 bridgehead atoms. The molecule has 2 aromatic carbocycles. The number of allylic oxidation sites excluding steroid dienone is 1. The summed E-state index contributed by atoms with van der Waals surface area (Å²) in [7, 11) is 1.51. The molecule has 0 aliphatic carbocycles. The van der Waals surface area contributed by atoms with E-state index in [2.05, 4.69) is 20.9 Å². The van der Waals surface area contributed by atoms with Crippen molar-refractivity contribution in [3.05, 3.63) is 115 Å². The maximum absolute atomic E-state index is 13.8. The van der Waals surface area contributed by atoms with E-state index < -0.39 is 16.9 Å². The molecule has 0 radical (unpaired) electrons. The first kappa shape index (κ1) is 29.4. The zero-order valence-electron chi connectivity index (χ0n) is 22.7. The lowest BCUT2D eigenvalue weighted by atomic mass is 10.0. The van der Waals surface area contributed by atoms with Gasteiger partial charge in [-0.25, -0.2) is 9.79 Å². The van der Waals surface area contributed by atoms with Crippen LogP contribution in [0.2, 0.25) is 0 Å². The Bertz CT molecular complexity index is 1880. The zero-order valence-corrected chi connectivity index (χ0v) is 25.9. The normalized spacial score (nSPS) is 14.8. The van der Waals surface area contributed by atoms with Crippen LogP contribution in [0.3, 0.4) is 0 Å². The molecule has 0 fully saturated rings. The van der Waals surface area contributed by atoms with Crippen molar-refractivity contribution >= 4 is 56.3 Å². The van der Waals surface area contributed by atoms with Crippen LogP contribution < -0.4 is 24.4 Å². The number of halogens is 1. The van der Waals surface area contributed by atoms with E-state index in [1.54, 1.807) is 48.8 Å². The quantitative estimate of drug-likeness (QED) is 0.138. The molecule has 1 aliphatic heterocycles. The summed E-state index contributed by atoms with van der Waals surface area (Å²) in [5.41, 5.74) is 2.01. The number of nitro benzene ring substituents is 1. The number of aromatic nitrogens is 1. The van der Waals surface area contributed by atoms with Gasteiger partial charge in [0.2, 0.25) is 0 Å². The Morgan fingerprint density at radius 1 is 1.24 bits per heavy atom. The number of ether oxygens (including phenoxy) is 3. The van der Waals surface area contributed by atoms with Gasteiger partial charge in [-0.3, -0.25) is 19.5 Å². The number of thiophene rings is 1. The van der Waals surface area contributed by atoms with Crippen LogP contribution in [-0.4, -0.2) is 29.2 Å². The first-order valence-electron chi connectivity index (χ1n) is 12.7. The number of fused-ring (bicyclic) bond motifs is 1. The highest BCUT2D eigenvalue weighted by Gasteiger charge is 2.33. The summed E-state index contributed by atoms with van der Waals surface area (Å²) in [6, 6.07) is 12.8. The van der Waals surface area contributed by atoms with Gasteiger partial charge >= 0.3 is 5.97 Å². The van der Waals surface area contributed by atoms with Gasteiger partial charge in [0, 0.05) is 17.0 Å². The Hall–Kier alpha value is -4.07. The van der Waals surface area contributed by atoms with Crippen molar-refractivity contribution in [3.63, 3.8) is 0 Å². The van der Waals surface area contributed by atoms with E-state index in [1.165, 1.54) is 41.9 Å². The number of benzene rings is 2. The number of hydrogen-bond donors (Lipinski definition) is 0. The second-order valence-corrected chi connectivity index (χ2v) is 11.9. The molecular formula is C29H24BrN3O7S2. The van der Waals surface area contributed by atoms with E-state index in [1.807, 2.05) is 17.5 Å². The average Bonchev–Trinajstić information content (AvgIpc) is 3.60. The summed E-state index contributed by atoms with van der Waals surface area (Å²) < 4.78 is 19.5. The summed E-state index contributed by atoms with van der Waals surface area (Å²) >= 11 is 6.23. The largest absolute Gasteiger partial charge is 0.493 e. The van der Waals surface area contributed by atoms with Gasteiger partial charge in [0.05, 0.1) is 38.9 Å². The minimum absolute atomic E-state index is 0.00105. The lowest BCUT2D eigenvalue weighted by Gasteiger charge is -2.23. The van der Waals surface area contributed by atoms with Crippen LogP contribution in [0.25, 0.3) is 6.08 Å². The Morgan fingerprint density at radius 3 is 2.64 bits per heavy atom. The molecule has 0 spiro atoms. The molecule has 13 heteroatoms. The fraction of sp³-hybridized carbons (Fsp3) is 0.207. The highest BCUT2D eigenvalue weighted by molar-refractivity contribution is 9.10. The number of methoxy groups -OCH3 is 1. The van der Waals surface area contributed by atoms with Crippen LogP contribution in [0.15, 0.2) is 79.4 Å². The number of esters is 1. The smallest absolute Gasteiger partial charge is 0.338 e. The number of rotatable bonds is 9. The van der Waals surface area contributed by atoms with Crippen LogP contribution in [0.4, 0.5) is 5.69 Å². The van der Waals surface area contributed by atoms with Crippen LogP contribution in [-0.2, 0) is 16.1 Å². The van der Waals surface area contributed by atoms with Crippen LogP contribution >= 0.6 is 38.6 Å². The molecule has 4 aromatic rings. The minimum atomic E-state index is -0.640. The first-order chi connectivity index (χ1) is 20.2. The standard InChI is InChI=1S/C29H24BrN3O7S2/c1-4-39-28(35)24-16(2)31-29-32(25(24)22-6-5-11-41-22)27(34)23(42-29)14-18-12-20(30)26(21(13-18)38-3)40-15-17-7-9-19(10-8-17)33(36)37/h5-14,25H,4,15H2,1-3H3/b23-14-/t25-/m0/s1. The molecule has 3 heterocycles. The summed E-state index contributed by atoms with van der Waals surface area (Å²) in [6.07, 6.45) is 1.74. The third-order valence-electron chi connectivity index (χ3n) is 6.41. The van der Waals surface area contributed by atoms with Gasteiger partial charge in [-0.1, -0.05) is 17.4 Å². The maximum atomic E-state index is 13.8. The Labute approximate surface area is 256 Å². The molecule has 0 amide bonds. The molecule has 0 N–H and O–H groups in total. The van der Waals surface area contributed by atoms with Crippen molar-refractivity contribution < 1.29 is 23.9 Å². The molecule has 1 aliphatic rings. The van der Waals surface area contributed by atoms with Crippen LogP contribution in [0, 0.1) is 10.1 Å². The molecule has 0 saturated heterocycles. The number of non-ortho nitro benzene ring substituents is 1. The average molecular weight is 671 g/mol. The van der Waals surface area contributed by atoms with Gasteiger partial charge in [0.1, 0.15) is 12.6 Å².